The number of aromatic nitrogens is 2. The third-order valence-corrected chi connectivity index (χ3v) is 4.38. The second-order valence-corrected chi connectivity index (χ2v) is 5.99. The van der Waals surface area contributed by atoms with Gasteiger partial charge >= 0.3 is 0 Å². The highest BCUT2D eigenvalue weighted by molar-refractivity contribution is 6.03. The van der Waals surface area contributed by atoms with E-state index in [2.05, 4.69) is 41.3 Å². The number of rotatable bonds is 5. The number of amides is 1. The van der Waals surface area contributed by atoms with Crippen molar-refractivity contribution in [3.8, 4) is 0 Å². The van der Waals surface area contributed by atoms with Gasteiger partial charge in [0.1, 0.15) is 5.69 Å². The van der Waals surface area contributed by atoms with Crippen molar-refractivity contribution in [1.29, 1.82) is 0 Å². The number of carbonyl (C=O) groups excluding carboxylic acids is 1. The van der Waals surface area contributed by atoms with Crippen LogP contribution in [-0.4, -0.2) is 42.2 Å². The maximum Gasteiger partial charge on any atom is 0.274 e. The first kappa shape index (κ1) is 17.4. The molecule has 2 heterocycles. The van der Waals surface area contributed by atoms with Gasteiger partial charge in [0.25, 0.3) is 5.91 Å². The van der Waals surface area contributed by atoms with Crippen molar-refractivity contribution >= 4 is 17.5 Å². The van der Waals surface area contributed by atoms with Crippen molar-refractivity contribution in [3.05, 3.63) is 47.3 Å². The molecule has 1 amide bonds. The smallest absolute Gasteiger partial charge is 0.274 e. The number of aryl methyl sites for hydroxylation is 2. The molecule has 1 aromatic carbocycles. The molecule has 1 N–H and O–H groups in total. The monoisotopic (exact) mass is 340 g/mol. The summed E-state index contributed by atoms with van der Waals surface area (Å²) >= 11 is 0. The topological polar surface area (TPSA) is 67.4 Å². The third kappa shape index (κ3) is 4.14. The standard InChI is InChI=1S/C19H24N4O2/c1-3-14-5-6-15(4-2)17(13-14)21-18(24)16-7-8-20-19(22-16)23-9-11-25-12-10-23/h5-8,13H,3-4,9-12H2,1-2H3,(H,21,24). The fraction of sp³-hybridized carbons (Fsp3) is 0.421. The number of nitrogens with zero attached hydrogens (tertiary/aromatic N) is 3. The zero-order valence-electron chi connectivity index (χ0n) is 14.8. The lowest BCUT2D eigenvalue weighted by Gasteiger charge is -2.26. The number of carbonyl (C=O) groups is 1. The molecule has 1 saturated heterocycles. The molecule has 0 saturated carbocycles. The van der Waals surface area contributed by atoms with Gasteiger partial charge in [0.15, 0.2) is 0 Å². The SMILES string of the molecule is CCc1ccc(CC)c(NC(=O)c2ccnc(N3CCOCC3)n2)c1. The van der Waals surface area contributed by atoms with E-state index in [0.29, 0.717) is 24.9 Å². The Bertz CT molecular complexity index is 742. The van der Waals surface area contributed by atoms with Gasteiger partial charge in [-0.2, -0.15) is 0 Å². The molecule has 1 aliphatic heterocycles. The lowest BCUT2D eigenvalue weighted by molar-refractivity contribution is 0.102. The Morgan fingerprint density at radius 1 is 1.20 bits per heavy atom. The summed E-state index contributed by atoms with van der Waals surface area (Å²) in [5.74, 6) is 0.369. The predicted molar refractivity (Wildman–Crippen MR) is 98.2 cm³/mol. The summed E-state index contributed by atoms with van der Waals surface area (Å²) in [5, 5.41) is 3.01. The van der Waals surface area contributed by atoms with Gasteiger partial charge in [-0.25, -0.2) is 9.97 Å². The molecular formula is C19H24N4O2. The lowest BCUT2D eigenvalue weighted by Crippen LogP contribution is -2.37. The van der Waals surface area contributed by atoms with E-state index in [-0.39, 0.29) is 5.91 Å². The molecule has 0 spiro atoms. The number of hydrogen-bond acceptors (Lipinski definition) is 5. The van der Waals surface area contributed by atoms with Gasteiger partial charge in [-0.1, -0.05) is 26.0 Å². The summed E-state index contributed by atoms with van der Waals surface area (Å²) in [6, 6.07) is 7.87. The molecule has 6 nitrogen and oxygen atoms in total. The molecular weight excluding hydrogens is 316 g/mol. The number of morpholine rings is 1. The van der Waals surface area contributed by atoms with Gasteiger partial charge in [0, 0.05) is 25.0 Å². The molecule has 0 unspecified atom stereocenters. The van der Waals surface area contributed by atoms with Crippen LogP contribution in [0.25, 0.3) is 0 Å². The summed E-state index contributed by atoms with van der Waals surface area (Å²) in [5.41, 5.74) is 3.55. The van der Waals surface area contributed by atoms with Crippen LogP contribution >= 0.6 is 0 Å². The highest BCUT2D eigenvalue weighted by Gasteiger charge is 2.17. The van der Waals surface area contributed by atoms with Gasteiger partial charge in [-0.15, -0.1) is 0 Å². The number of benzene rings is 1. The Labute approximate surface area is 148 Å². The van der Waals surface area contributed by atoms with Crippen LogP contribution in [0.15, 0.2) is 30.5 Å². The molecule has 0 radical (unpaired) electrons. The van der Waals surface area contributed by atoms with Crippen LogP contribution in [0, 0.1) is 0 Å². The van der Waals surface area contributed by atoms with E-state index in [1.54, 1.807) is 12.3 Å². The molecule has 132 valence electrons. The Hall–Kier alpha value is -2.47. The number of nitrogens with one attached hydrogen (secondary N) is 1. The van der Waals surface area contributed by atoms with Crippen LogP contribution in [-0.2, 0) is 17.6 Å². The third-order valence-electron chi connectivity index (χ3n) is 4.38. The van der Waals surface area contributed by atoms with Crippen LogP contribution < -0.4 is 10.2 Å². The van der Waals surface area contributed by atoms with Crippen molar-refractivity contribution in [2.24, 2.45) is 0 Å². The van der Waals surface area contributed by atoms with Gasteiger partial charge in [0.2, 0.25) is 5.95 Å². The van der Waals surface area contributed by atoms with E-state index in [4.69, 9.17) is 4.74 Å². The van der Waals surface area contributed by atoms with Gasteiger partial charge < -0.3 is 15.0 Å². The summed E-state index contributed by atoms with van der Waals surface area (Å²) in [4.78, 5) is 23.4. The molecule has 1 aromatic heterocycles. The predicted octanol–water partition coefficient (Wildman–Crippen LogP) is 2.69. The number of anilines is 2. The summed E-state index contributed by atoms with van der Waals surface area (Å²) in [7, 11) is 0. The normalized spacial score (nSPS) is 14.4. The quantitative estimate of drug-likeness (QED) is 0.906. The molecule has 1 fully saturated rings. The molecule has 0 bridgehead atoms. The van der Waals surface area contributed by atoms with E-state index in [1.807, 2.05) is 11.0 Å². The second-order valence-electron chi connectivity index (χ2n) is 5.99. The van der Waals surface area contributed by atoms with Crippen LogP contribution in [0.4, 0.5) is 11.6 Å². The van der Waals surface area contributed by atoms with Gasteiger partial charge in [-0.05, 0) is 36.1 Å². The minimum absolute atomic E-state index is 0.208. The minimum Gasteiger partial charge on any atom is -0.378 e. The molecule has 0 aliphatic carbocycles. The van der Waals surface area contributed by atoms with E-state index in [9.17, 15) is 4.79 Å². The van der Waals surface area contributed by atoms with Crippen LogP contribution in [0.5, 0.6) is 0 Å². The first-order valence-corrected chi connectivity index (χ1v) is 8.80. The fourth-order valence-corrected chi connectivity index (χ4v) is 2.85. The average molecular weight is 340 g/mol. The minimum atomic E-state index is -0.208. The largest absolute Gasteiger partial charge is 0.378 e. The molecule has 1 aliphatic rings. The first-order valence-electron chi connectivity index (χ1n) is 8.80. The lowest BCUT2D eigenvalue weighted by atomic mass is 10.1. The fourth-order valence-electron chi connectivity index (χ4n) is 2.85. The summed E-state index contributed by atoms with van der Waals surface area (Å²) in [6.07, 6.45) is 3.43. The Balaban J connectivity index is 1.79. The van der Waals surface area contributed by atoms with Crippen molar-refractivity contribution in [2.45, 2.75) is 26.7 Å². The van der Waals surface area contributed by atoms with Gasteiger partial charge in [0.05, 0.1) is 13.2 Å². The molecule has 2 aromatic rings. The van der Waals surface area contributed by atoms with E-state index in [1.165, 1.54) is 5.56 Å². The highest BCUT2D eigenvalue weighted by Crippen LogP contribution is 2.20. The molecule has 0 atom stereocenters. The van der Waals surface area contributed by atoms with Crippen LogP contribution in [0.1, 0.15) is 35.5 Å². The highest BCUT2D eigenvalue weighted by atomic mass is 16.5. The summed E-state index contributed by atoms with van der Waals surface area (Å²) < 4.78 is 5.35. The molecule has 3 rings (SSSR count). The zero-order chi connectivity index (χ0) is 17.6. The number of hydrogen-bond donors (Lipinski definition) is 1. The van der Waals surface area contributed by atoms with E-state index in [0.717, 1.165) is 37.2 Å². The zero-order valence-corrected chi connectivity index (χ0v) is 14.8. The van der Waals surface area contributed by atoms with Crippen molar-refractivity contribution in [3.63, 3.8) is 0 Å². The second kappa shape index (κ2) is 8.07. The average Bonchev–Trinajstić information content (AvgIpc) is 2.68. The maximum absolute atomic E-state index is 12.7. The van der Waals surface area contributed by atoms with Crippen molar-refractivity contribution in [2.75, 3.05) is 36.5 Å². The summed E-state index contributed by atoms with van der Waals surface area (Å²) in [6.45, 7) is 6.98. The van der Waals surface area contributed by atoms with E-state index < -0.39 is 0 Å². The van der Waals surface area contributed by atoms with E-state index >= 15 is 0 Å². The van der Waals surface area contributed by atoms with Crippen molar-refractivity contribution in [1.82, 2.24) is 9.97 Å². The first-order chi connectivity index (χ1) is 12.2. The molecule has 25 heavy (non-hydrogen) atoms. The van der Waals surface area contributed by atoms with Crippen LogP contribution in [0.3, 0.4) is 0 Å². The maximum atomic E-state index is 12.7. The Morgan fingerprint density at radius 3 is 2.72 bits per heavy atom. The Kier molecular flexibility index (Phi) is 5.60. The van der Waals surface area contributed by atoms with Crippen molar-refractivity contribution < 1.29 is 9.53 Å². The van der Waals surface area contributed by atoms with Crippen LogP contribution in [0.2, 0.25) is 0 Å². The molecule has 6 heteroatoms. The van der Waals surface area contributed by atoms with Gasteiger partial charge in [-0.3, -0.25) is 4.79 Å². The number of ether oxygens (including phenoxy) is 1. The Morgan fingerprint density at radius 2 is 2.00 bits per heavy atom.